The minimum Gasteiger partial charge on any atom is -0.466 e. The van der Waals surface area contributed by atoms with E-state index in [1.807, 2.05) is 37.3 Å². The Morgan fingerprint density at radius 1 is 1.11 bits per heavy atom. The van der Waals surface area contributed by atoms with E-state index in [2.05, 4.69) is 11.0 Å². The number of piperidine rings is 1. The lowest BCUT2D eigenvalue weighted by Crippen LogP contribution is -2.41. The Hall–Kier alpha value is -4.41. The Morgan fingerprint density at radius 2 is 1.79 bits per heavy atom. The number of benzene rings is 1. The van der Waals surface area contributed by atoms with E-state index in [1.165, 1.54) is 9.58 Å². The fourth-order valence-electron chi connectivity index (χ4n) is 6.20. The van der Waals surface area contributed by atoms with Crippen LogP contribution in [0.1, 0.15) is 61.9 Å². The third-order valence-corrected chi connectivity index (χ3v) is 10.1. The highest BCUT2D eigenvalue weighted by atomic mass is 32.2. The first-order chi connectivity index (χ1) is 22.5. The van der Waals surface area contributed by atoms with E-state index in [4.69, 9.17) is 17.0 Å². The average molecular weight is 675 g/mol. The van der Waals surface area contributed by atoms with Crippen molar-refractivity contribution >= 4 is 57.8 Å². The number of carbonyl (C=O) groups is 2. The molecule has 47 heavy (non-hydrogen) atoms. The summed E-state index contributed by atoms with van der Waals surface area (Å²) in [5, 5.41) is 10.1. The van der Waals surface area contributed by atoms with Crippen LogP contribution in [0.25, 0.3) is 11.8 Å². The van der Waals surface area contributed by atoms with Crippen molar-refractivity contribution in [2.24, 2.45) is 13.0 Å². The van der Waals surface area contributed by atoms with Gasteiger partial charge in [0.15, 0.2) is 4.32 Å². The number of anilines is 2. The average Bonchev–Trinajstić information content (AvgIpc) is 3.46. The minimum absolute atomic E-state index is 0.0117. The molecule has 0 saturated carbocycles. The zero-order valence-corrected chi connectivity index (χ0v) is 28.9. The van der Waals surface area contributed by atoms with Gasteiger partial charge in [-0.25, -0.2) is 4.68 Å². The van der Waals surface area contributed by atoms with E-state index < -0.39 is 5.91 Å². The largest absolute Gasteiger partial charge is 0.466 e. The molecule has 2 aliphatic rings. The van der Waals surface area contributed by atoms with Crippen molar-refractivity contribution in [2.75, 3.05) is 29.5 Å². The molecule has 0 spiro atoms. The maximum atomic E-state index is 14.1. The van der Waals surface area contributed by atoms with Crippen LogP contribution >= 0.6 is 24.0 Å². The van der Waals surface area contributed by atoms with Crippen LogP contribution in [0.4, 0.5) is 11.5 Å². The highest BCUT2D eigenvalue weighted by Crippen LogP contribution is 2.39. The highest BCUT2D eigenvalue weighted by Gasteiger charge is 2.39. The quantitative estimate of drug-likeness (QED) is 0.179. The molecule has 0 N–H and O–H groups in total. The standard InChI is InChI=1S/C34H38N6O5S2/c1-6-8-16-38-29(37-17-14-23(15-18-37)33(44)45-7-2)25(21(3)26(20-35)30(38)41)19-27-31(42)39(34(46)47-27)28-22(4)36(5)40(32(28)43)24-12-10-9-11-13-24/h9-13,19,23H,6-8,14-18H2,1-5H3/b27-19-. The SMILES string of the molecule is CCCCn1c(N2CCC(C(=O)OCC)CC2)c(/C=C2\SC(=S)N(c3c(C)n(C)n(-c4ccccc4)c3=O)C2=O)c(C)c(C#N)c1=O. The van der Waals surface area contributed by atoms with Crippen molar-refractivity contribution in [1.82, 2.24) is 13.9 Å². The Kier molecular flexibility index (Phi) is 10.2. The van der Waals surface area contributed by atoms with E-state index in [9.17, 15) is 24.4 Å². The number of aromatic nitrogens is 3. The molecule has 0 radical (unpaired) electrons. The zero-order valence-electron chi connectivity index (χ0n) is 27.2. The number of hydrogen-bond donors (Lipinski definition) is 0. The zero-order chi connectivity index (χ0) is 34.0. The number of nitriles is 1. The summed E-state index contributed by atoms with van der Waals surface area (Å²) in [4.78, 5) is 57.7. The molecule has 1 aromatic carbocycles. The maximum absolute atomic E-state index is 14.1. The summed E-state index contributed by atoms with van der Waals surface area (Å²) in [6, 6.07) is 11.2. The van der Waals surface area contributed by atoms with Crippen LogP contribution in [0.5, 0.6) is 0 Å². The van der Waals surface area contributed by atoms with Crippen LogP contribution in [0.2, 0.25) is 0 Å². The van der Waals surface area contributed by atoms with Crippen molar-refractivity contribution in [3.63, 3.8) is 0 Å². The number of para-hydroxylation sites is 1. The molecule has 5 rings (SSSR count). The Balaban J connectivity index is 1.62. The van der Waals surface area contributed by atoms with Gasteiger partial charge in [0.1, 0.15) is 23.1 Å². The topological polar surface area (TPSA) is 123 Å². The molecule has 2 aromatic heterocycles. The normalized spacial score (nSPS) is 16.3. The number of thioether (sulfide) groups is 1. The fraction of sp³-hybridized carbons (Fsp3) is 0.412. The van der Waals surface area contributed by atoms with E-state index in [0.29, 0.717) is 73.8 Å². The van der Waals surface area contributed by atoms with Crippen molar-refractivity contribution in [1.29, 1.82) is 5.26 Å². The van der Waals surface area contributed by atoms with Crippen LogP contribution in [-0.2, 0) is 27.9 Å². The van der Waals surface area contributed by atoms with Gasteiger partial charge >= 0.3 is 5.97 Å². The number of rotatable bonds is 9. The van der Waals surface area contributed by atoms with Crippen molar-refractivity contribution in [2.45, 2.75) is 59.9 Å². The first-order valence-electron chi connectivity index (χ1n) is 15.8. The number of unbranched alkanes of at least 4 members (excludes halogenated alkanes) is 1. The van der Waals surface area contributed by atoms with E-state index in [0.717, 1.165) is 18.2 Å². The minimum atomic E-state index is -0.456. The number of esters is 1. The van der Waals surface area contributed by atoms with Gasteiger partial charge in [-0.05, 0) is 63.8 Å². The van der Waals surface area contributed by atoms with Crippen LogP contribution in [0.15, 0.2) is 44.8 Å². The Morgan fingerprint density at radius 3 is 2.40 bits per heavy atom. The van der Waals surface area contributed by atoms with Gasteiger partial charge in [0.2, 0.25) is 0 Å². The molecular weight excluding hydrogens is 637 g/mol. The molecule has 2 saturated heterocycles. The predicted molar refractivity (Wildman–Crippen MR) is 188 cm³/mol. The molecule has 2 aliphatic heterocycles. The second-order valence-corrected chi connectivity index (χ2v) is 13.3. The number of nitrogens with zero attached hydrogens (tertiary/aromatic N) is 6. The summed E-state index contributed by atoms with van der Waals surface area (Å²) in [5.74, 6) is -0.315. The summed E-state index contributed by atoms with van der Waals surface area (Å²) >= 11 is 6.77. The van der Waals surface area contributed by atoms with E-state index >= 15 is 0 Å². The molecule has 11 nitrogen and oxygen atoms in total. The molecule has 0 aliphatic carbocycles. The third kappa shape index (κ3) is 6.19. The van der Waals surface area contributed by atoms with E-state index in [1.54, 1.807) is 43.1 Å². The molecule has 0 unspecified atom stereocenters. The maximum Gasteiger partial charge on any atom is 0.309 e. The predicted octanol–water partition coefficient (Wildman–Crippen LogP) is 4.81. The third-order valence-electron chi connectivity index (χ3n) is 8.81. The number of ether oxygens (including phenoxy) is 1. The number of thiocarbonyl (C=S) groups is 1. The lowest BCUT2D eigenvalue weighted by atomic mass is 9.95. The molecule has 0 bridgehead atoms. The summed E-state index contributed by atoms with van der Waals surface area (Å²) in [6.07, 6.45) is 4.32. The van der Waals surface area contributed by atoms with Crippen LogP contribution < -0.4 is 20.9 Å². The molecule has 0 atom stereocenters. The first kappa shape index (κ1) is 33.9. The van der Waals surface area contributed by atoms with Gasteiger partial charge < -0.3 is 9.64 Å². The molecular formula is C34H38N6O5S2. The lowest BCUT2D eigenvalue weighted by molar-refractivity contribution is -0.148. The smallest absolute Gasteiger partial charge is 0.309 e. The highest BCUT2D eigenvalue weighted by molar-refractivity contribution is 8.27. The van der Waals surface area contributed by atoms with Gasteiger partial charge in [0.05, 0.1) is 28.8 Å². The first-order valence-corrected chi connectivity index (χ1v) is 17.0. The number of carbonyl (C=O) groups excluding carboxylic acids is 2. The summed E-state index contributed by atoms with van der Waals surface area (Å²) in [7, 11) is 1.75. The van der Waals surface area contributed by atoms with Crippen LogP contribution in [0, 0.1) is 31.1 Å². The van der Waals surface area contributed by atoms with Crippen LogP contribution in [-0.4, -0.2) is 49.8 Å². The van der Waals surface area contributed by atoms with Gasteiger partial charge in [-0.2, -0.15) is 5.26 Å². The van der Waals surface area contributed by atoms with Gasteiger partial charge in [-0.15, -0.1) is 0 Å². The Labute approximate surface area is 283 Å². The van der Waals surface area contributed by atoms with Gasteiger partial charge in [0, 0.05) is 32.2 Å². The monoisotopic (exact) mass is 674 g/mol. The number of amides is 1. The number of hydrogen-bond acceptors (Lipinski definition) is 9. The number of pyridine rings is 1. The lowest BCUT2D eigenvalue weighted by Gasteiger charge is -2.35. The summed E-state index contributed by atoms with van der Waals surface area (Å²) in [5.41, 5.74) is 1.67. The van der Waals surface area contributed by atoms with Crippen molar-refractivity contribution in [3.8, 4) is 11.8 Å². The van der Waals surface area contributed by atoms with Gasteiger partial charge in [0.25, 0.3) is 17.0 Å². The molecule has 13 heteroatoms. The Bertz CT molecular complexity index is 1930. The molecule has 3 aromatic rings. The van der Waals surface area contributed by atoms with Crippen LogP contribution in [0.3, 0.4) is 0 Å². The molecule has 2 fully saturated rings. The van der Waals surface area contributed by atoms with Crippen molar-refractivity contribution < 1.29 is 14.3 Å². The van der Waals surface area contributed by atoms with Crippen molar-refractivity contribution in [3.05, 3.63) is 78.3 Å². The molecule has 246 valence electrons. The second kappa shape index (κ2) is 14.1. The summed E-state index contributed by atoms with van der Waals surface area (Å²) < 4.78 is 10.3. The fourth-order valence-corrected chi connectivity index (χ4v) is 7.45. The molecule has 1 amide bonds. The summed E-state index contributed by atoms with van der Waals surface area (Å²) in [6.45, 7) is 8.98. The van der Waals surface area contributed by atoms with Gasteiger partial charge in [-0.3, -0.25) is 33.3 Å². The van der Waals surface area contributed by atoms with Gasteiger partial charge in [-0.1, -0.05) is 55.5 Å². The van der Waals surface area contributed by atoms with E-state index in [-0.39, 0.29) is 43.5 Å². The second-order valence-electron chi connectivity index (χ2n) is 11.6. The molecule has 4 heterocycles.